The Bertz CT molecular complexity index is 504. The molecule has 0 aliphatic rings. The van der Waals surface area contributed by atoms with Gasteiger partial charge in [-0.05, 0) is 30.2 Å². The van der Waals surface area contributed by atoms with Gasteiger partial charge in [0, 0.05) is 32.3 Å². The monoisotopic (exact) mass is 259 g/mol. The van der Waals surface area contributed by atoms with Crippen LogP contribution in [-0.2, 0) is 13.5 Å². The normalized spacial score (nSPS) is 12.5. The van der Waals surface area contributed by atoms with E-state index in [4.69, 9.17) is 0 Å². The van der Waals surface area contributed by atoms with Gasteiger partial charge in [-0.2, -0.15) is 5.10 Å². The molecule has 4 nitrogen and oxygen atoms in total. The first-order valence-electron chi connectivity index (χ1n) is 6.70. The van der Waals surface area contributed by atoms with E-state index in [0.29, 0.717) is 11.8 Å². The summed E-state index contributed by atoms with van der Waals surface area (Å²) < 4.78 is 1.83. The smallest absolute Gasteiger partial charge is 0.115 e. The zero-order chi connectivity index (χ0) is 13.7. The summed E-state index contributed by atoms with van der Waals surface area (Å²) in [6.07, 6.45) is 3.91. The zero-order valence-electron chi connectivity index (χ0n) is 11.5. The topological polar surface area (TPSA) is 50.1 Å². The lowest BCUT2D eigenvalue weighted by Crippen LogP contribution is -2.23. The van der Waals surface area contributed by atoms with Gasteiger partial charge in [-0.1, -0.05) is 19.1 Å². The van der Waals surface area contributed by atoms with Crippen molar-refractivity contribution in [2.45, 2.75) is 25.8 Å². The summed E-state index contributed by atoms with van der Waals surface area (Å²) >= 11 is 0. The highest BCUT2D eigenvalue weighted by atomic mass is 16.3. The van der Waals surface area contributed by atoms with Gasteiger partial charge < -0.3 is 10.4 Å². The fraction of sp³-hybridized carbons (Fsp3) is 0.400. The number of phenolic OH excluding ortho intramolecular Hbond substituents is 1. The van der Waals surface area contributed by atoms with Crippen molar-refractivity contribution in [2.75, 3.05) is 6.54 Å². The van der Waals surface area contributed by atoms with Gasteiger partial charge in [0.25, 0.3) is 0 Å². The third-order valence-electron chi connectivity index (χ3n) is 3.24. The average Bonchev–Trinajstić information content (AvgIpc) is 2.82. The van der Waals surface area contributed by atoms with Gasteiger partial charge >= 0.3 is 0 Å². The van der Waals surface area contributed by atoms with Crippen molar-refractivity contribution in [3.8, 4) is 5.75 Å². The number of nitrogens with zero attached hydrogens (tertiary/aromatic N) is 2. The molecule has 0 fully saturated rings. The van der Waals surface area contributed by atoms with Crippen molar-refractivity contribution in [1.82, 2.24) is 15.1 Å². The van der Waals surface area contributed by atoms with Crippen molar-refractivity contribution in [1.29, 1.82) is 0 Å². The lowest BCUT2D eigenvalue weighted by Gasteiger charge is -2.17. The standard InChI is InChI=1S/C15H21N3O/c1-3-15(12-4-6-14(19)7-5-12)16-10-8-13-9-11-18(2)17-13/h4-7,9,11,15-16,19H,3,8,10H2,1-2H3. The minimum Gasteiger partial charge on any atom is -0.508 e. The maximum atomic E-state index is 9.31. The van der Waals surface area contributed by atoms with Crippen molar-refractivity contribution in [3.63, 3.8) is 0 Å². The fourth-order valence-corrected chi connectivity index (χ4v) is 2.18. The first-order chi connectivity index (χ1) is 9.19. The van der Waals surface area contributed by atoms with Gasteiger partial charge in [-0.3, -0.25) is 4.68 Å². The Labute approximate surface area is 114 Å². The van der Waals surface area contributed by atoms with Gasteiger partial charge in [-0.15, -0.1) is 0 Å². The quantitative estimate of drug-likeness (QED) is 0.837. The molecular weight excluding hydrogens is 238 g/mol. The van der Waals surface area contributed by atoms with E-state index in [1.165, 1.54) is 5.56 Å². The second-order valence-corrected chi connectivity index (χ2v) is 4.74. The molecule has 1 heterocycles. The molecular formula is C15H21N3O. The maximum Gasteiger partial charge on any atom is 0.115 e. The van der Waals surface area contributed by atoms with E-state index in [9.17, 15) is 5.11 Å². The van der Waals surface area contributed by atoms with Crippen LogP contribution in [0, 0.1) is 0 Å². The van der Waals surface area contributed by atoms with Crippen molar-refractivity contribution in [2.24, 2.45) is 7.05 Å². The second kappa shape index (κ2) is 6.38. The molecule has 1 aromatic carbocycles. The van der Waals surface area contributed by atoms with E-state index in [2.05, 4.69) is 17.3 Å². The molecule has 0 aliphatic heterocycles. The summed E-state index contributed by atoms with van der Waals surface area (Å²) in [4.78, 5) is 0. The second-order valence-electron chi connectivity index (χ2n) is 4.74. The number of phenols is 1. The molecule has 0 amide bonds. The number of nitrogens with one attached hydrogen (secondary N) is 1. The van der Waals surface area contributed by atoms with E-state index >= 15 is 0 Å². The van der Waals surface area contributed by atoms with Crippen LogP contribution in [0.25, 0.3) is 0 Å². The van der Waals surface area contributed by atoms with Crippen LogP contribution in [-0.4, -0.2) is 21.4 Å². The predicted molar refractivity (Wildman–Crippen MR) is 76.1 cm³/mol. The molecule has 1 unspecified atom stereocenters. The molecule has 19 heavy (non-hydrogen) atoms. The van der Waals surface area contributed by atoms with Crippen LogP contribution in [0.1, 0.15) is 30.6 Å². The third-order valence-corrected chi connectivity index (χ3v) is 3.24. The first kappa shape index (κ1) is 13.6. The van der Waals surface area contributed by atoms with Crippen molar-refractivity contribution < 1.29 is 5.11 Å². The summed E-state index contributed by atoms with van der Waals surface area (Å²) in [5.74, 6) is 0.312. The summed E-state index contributed by atoms with van der Waals surface area (Å²) in [5, 5.41) is 17.2. The number of hydrogen-bond donors (Lipinski definition) is 2. The highest BCUT2D eigenvalue weighted by Gasteiger charge is 2.08. The number of aromatic nitrogens is 2. The van der Waals surface area contributed by atoms with Gasteiger partial charge in [0.15, 0.2) is 0 Å². The zero-order valence-corrected chi connectivity index (χ0v) is 11.5. The summed E-state index contributed by atoms with van der Waals surface area (Å²) in [5.41, 5.74) is 2.32. The molecule has 1 aromatic heterocycles. The Kier molecular flexibility index (Phi) is 4.58. The van der Waals surface area contributed by atoms with Crippen LogP contribution in [0.2, 0.25) is 0 Å². The van der Waals surface area contributed by atoms with E-state index in [1.807, 2.05) is 36.1 Å². The van der Waals surface area contributed by atoms with Crippen LogP contribution in [0.3, 0.4) is 0 Å². The molecule has 1 atom stereocenters. The minimum atomic E-state index is 0.312. The molecule has 0 spiro atoms. The molecule has 0 aliphatic carbocycles. The van der Waals surface area contributed by atoms with Crippen LogP contribution in [0.5, 0.6) is 5.75 Å². The van der Waals surface area contributed by atoms with Crippen molar-refractivity contribution in [3.05, 3.63) is 47.8 Å². The average molecular weight is 259 g/mol. The van der Waals surface area contributed by atoms with Crippen molar-refractivity contribution >= 4 is 0 Å². The largest absolute Gasteiger partial charge is 0.508 e. The molecule has 0 radical (unpaired) electrons. The van der Waals surface area contributed by atoms with Gasteiger partial charge in [0.1, 0.15) is 5.75 Å². The molecule has 4 heteroatoms. The van der Waals surface area contributed by atoms with Crippen LogP contribution in [0.15, 0.2) is 36.5 Å². The molecule has 0 saturated carbocycles. The Morgan fingerprint density at radius 3 is 2.58 bits per heavy atom. The molecule has 102 valence electrons. The predicted octanol–water partition coefficient (Wildman–Crippen LogP) is 2.41. The SMILES string of the molecule is CCC(NCCc1ccn(C)n1)c1ccc(O)cc1. The fourth-order valence-electron chi connectivity index (χ4n) is 2.18. The molecule has 0 bridgehead atoms. The van der Waals surface area contributed by atoms with E-state index in [-0.39, 0.29) is 0 Å². The van der Waals surface area contributed by atoms with Crippen LogP contribution < -0.4 is 5.32 Å². The highest BCUT2D eigenvalue weighted by molar-refractivity contribution is 5.27. The lowest BCUT2D eigenvalue weighted by atomic mass is 10.0. The molecule has 0 saturated heterocycles. The molecule has 2 aromatic rings. The van der Waals surface area contributed by atoms with Gasteiger partial charge in [0.05, 0.1) is 5.69 Å². The summed E-state index contributed by atoms with van der Waals surface area (Å²) in [6.45, 7) is 3.06. The maximum absolute atomic E-state index is 9.31. The summed E-state index contributed by atoms with van der Waals surface area (Å²) in [6, 6.07) is 9.78. The Balaban J connectivity index is 1.87. The number of aromatic hydroxyl groups is 1. The highest BCUT2D eigenvalue weighted by Crippen LogP contribution is 2.19. The Morgan fingerprint density at radius 2 is 2.00 bits per heavy atom. The lowest BCUT2D eigenvalue weighted by molar-refractivity contribution is 0.473. The van der Waals surface area contributed by atoms with Gasteiger partial charge in [0.2, 0.25) is 0 Å². The molecule has 2 rings (SSSR count). The van der Waals surface area contributed by atoms with Crippen LogP contribution in [0.4, 0.5) is 0 Å². The number of hydrogen-bond acceptors (Lipinski definition) is 3. The molecule has 2 N–H and O–H groups in total. The first-order valence-corrected chi connectivity index (χ1v) is 6.70. The Morgan fingerprint density at radius 1 is 1.26 bits per heavy atom. The Hall–Kier alpha value is -1.81. The van der Waals surface area contributed by atoms with Crippen LogP contribution >= 0.6 is 0 Å². The minimum absolute atomic E-state index is 0.312. The van der Waals surface area contributed by atoms with E-state index < -0.39 is 0 Å². The number of rotatable bonds is 6. The van der Waals surface area contributed by atoms with E-state index in [1.54, 1.807) is 12.1 Å². The summed E-state index contributed by atoms with van der Waals surface area (Å²) in [7, 11) is 1.93. The number of aryl methyl sites for hydroxylation is 1. The van der Waals surface area contributed by atoms with Gasteiger partial charge in [-0.25, -0.2) is 0 Å². The van der Waals surface area contributed by atoms with E-state index in [0.717, 1.165) is 25.1 Å². The number of benzene rings is 1. The third kappa shape index (κ3) is 3.83.